The molecule has 0 heterocycles. The first-order chi connectivity index (χ1) is 9.10. The summed E-state index contributed by atoms with van der Waals surface area (Å²) < 4.78 is 5.31. The molecule has 0 aromatic carbocycles. The van der Waals surface area contributed by atoms with Crippen molar-refractivity contribution in [2.45, 2.75) is 51.0 Å². The maximum Gasteiger partial charge on any atom is 0.329 e. The quantitative estimate of drug-likeness (QED) is 0.584. The Balaban J connectivity index is 2.21. The minimum atomic E-state index is -1.08. The van der Waals surface area contributed by atoms with Crippen LogP contribution in [0.1, 0.15) is 45.4 Å². The van der Waals surface area contributed by atoms with Crippen LogP contribution in [0.5, 0.6) is 0 Å². The van der Waals surface area contributed by atoms with Gasteiger partial charge in [0.05, 0.1) is 6.61 Å². The Bertz CT molecular complexity index is 301. The Labute approximate surface area is 113 Å². The zero-order valence-electron chi connectivity index (χ0n) is 11.5. The fourth-order valence-corrected chi connectivity index (χ4v) is 2.22. The summed E-state index contributed by atoms with van der Waals surface area (Å²) in [5.74, 6) is -0.945. The molecule has 0 aliphatic heterocycles. The summed E-state index contributed by atoms with van der Waals surface area (Å²) in [5, 5.41) is 14.4. The normalized spacial score (nSPS) is 17.1. The number of nitrogens with one attached hydrogen (secondary N) is 2. The van der Waals surface area contributed by atoms with E-state index in [2.05, 4.69) is 17.6 Å². The highest BCUT2D eigenvalue weighted by Crippen LogP contribution is 2.29. The fraction of sp³-hybridized carbons (Fsp3) is 0.846. The molecule has 110 valence electrons. The molecule has 1 fully saturated rings. The molecule has 1 aliphatic rings. The number of carboxylic acid groups (broad SMARTS) is 1. The van der Waals surface area contributed by atoms with Gasteiger partial charge in [0.25, 0.3) is 0 Å². The summed E-state index contributed by atoms with van der Waals surface area (Å²) in [7, 11) is 0. The molecule has 6 heteroatoms. The summed E-state index contributed by atoms with van der Waals surface area (Å²) in [6.45, 7) is 3.62. The van der Waals surface area contributed by atoms with Crippen LogP contribution in [-0.4, -0.2) is 42.4 Å². The van der Waals surface area contributed by atoms with Gasteiger partial charge in [0, 0.05) is 13.2 Å². The second-order valence-electron chi connectivity index (χ2n) is 4.94. The number of hydrogen-bond donors (Lipinski definition) is 3. The number of aliphatic carboxylic acids is 1. The van der Waals surface area contributed by atoms with Crippen LogP contribution >= 0.6 is 0 Å². The highest BCUT2D eigenvalue weighted by atomic mass is 16.5. The van der Waals surface area contributed by atoms with Crippen molar-refractivity contribution < 1.29 is 19.4 Å². The van der Waals surface area contributed by atoms with Crippen molar-refractivity contribution in [3.63, 3.8) is 0 Å². The van der Waals surface area contributed by atoms with E-state index in [1.807, 2.05) is 0 Å². The lowest BCUT2D eigenvalue weighted by molar-refractivity contribution is -0.144. The number of ether oxygens (including phenoxy) is 1. The van der Waals surface area contributed by atoms with Gasteiger partial charge in [-0.2, -0.15) is 0 Å². The van der Waals surface area contributed by atoms with E-state index < -0.39 is 17.5 Å². The first kappa shape index (κ1) is 15.8. The van der Waals surface area contributed by atoms with Crippen LogP contribution in [0.25, 0.3) is 0 Å². The molecule has 3 N–H and O–H groups in total. The van der Waals surface area contributed by atoms with E-state index >= 15 is 0 Å². The maximum absolute atomic E-state index is 11.7. The molecular weight excluding hydrogens is 248 g/mol. The molecule has 19 heavy (non-hydrogen) atoms. The highest BCUT2D eigenvalue weighted by molar-refractivity contribution is 5.86. The second kappa shape index (κ2) is 7.99. The minimum Gasteiger partial charge on any atom is -0.480 e. The summed E-state index contributed by atoms with van der Waals surface area (Å²) in [5.41, 5.74) is -1.08. The molecule has 0 unspecified atom stereocenters. The van der Waals surface area contributed by atoms with Crippen molar-refractivity contribution in [1.29, 1.82) is 0 Å². The number of amides is 2. The van der Waals surface area contributed by atoms with Crippen molar-refractivity contribution >= 4 is 12.0 Å². The predicted octanol–water partition coefficient (Wildman–Crippen LogP) is 1.50. The zero-order chi connectivity index (χ0) is 14.1. The Morgan fingerprint density at radius 2 is 1.95 bits per heavy atom. The molecule has 0 aromatic rings. The SMILES string of the molecule is CCCCOCCNC(=O)NC1(C(=O)O)CCCC1. The topological polar surface area (TPSA) is 87.7 Å². The Morgan fingerprint density at radius 1 is 1.26 bits per heavy atom. The predicted molar refractivity (Wildman–Crippen MR) is 71.1 cm³/mol. The van der Waals surface area contributed by atoms with Crippen LogP contribution < -0.4 is 10.6 Å². The number of unbranched alkanes of at least 4 members (excludes halogenated alkanes) is 1. The van der Waals surface area contributed by atoms with Crippen LogP contribution in [-0.2, 0) is 9.53 Å². The van der Waals surface area contributed by atoms with Crippen molar-refractivity contribution in [2.75, 3.05) is 19.8 Å². The van der Waals surface area contributed by atoms with Gasteiger partial charge in [-0.25, -0.2) is 9.59 Å². The molecular formula is C13H24N2O4. The summed E-state index contributed by atoms with van der Waals surface area (Å²) in [6, 6.07) is -0.427. The van der Waals surface area contributed by atoms with Gasteiger partial charge in [-0.3, -0.25) is 0 Å². The van der Waals surface area contributed by atoms with E-state index in [0.29, 0.717) is 32.6 Å². The van der Waals surface area contributed by atoms with Crippen molar-refractivity contribution in [2.24, 2.45) is 0 Å². The first-order valence-corrected chi connectivity index (χ1v) is 6.98. The Hall–Kier alpha value is -1.30. The average Bonchev–Trinajstić information content (AvgIpc) is 2.83. The second-order valence-corrected chi connectivity index (χ2v) is 4.94. The molecule has 0 bridgehead atoms. The third-order valence-corrected chi connectivity index (χ3v) is 3.39. The van der Waals surface area contributed by atoms with E-state index in [-0.39, 0.29) is 0 Å². The third kappa shape index (κ3) is 5.06. The molecule has 1 saturated carbocycles. The molecule has 1 rings (SSSR count). The Kier molecular flexibility index (Phi) is 6.62. The summed E-state index contributed by atoms with van der Waals surface area (Å²) in [4.78, 5) is 22.9. The number of urea groups is 1. The molecule has 0 atom stereocenters. The molecule has 0 radical (unpaired) electrons. The number of carbonyl (C=O) groups excluding carboxylic acids is 1. The number of rotatable bonds is 8. The van der Waals surface area contributed by atoms with Crippen LogP contribution in [0, 0.1) is 0 Å². The molecule has 1 aliphatic carbocycles. The van der Waals surface area contributed by atoms with E-state index in [1.165, 1.54) is 0 Å². The average molecular weight is 272 g/mol. The first-order valence-electron chi connectivity index (χ1n) is 6.98. The Morgan fingerprint density at radius 3 is 2.53 bits per heavy atom. The molecule has 2 amide bonds. The molecule has 0 spiro atoms. The highest BCUT2D eigenvalue weighted by Gasteiger charge is 2.42. The minimum absolute atomic E-state index is 0.394. The summed E-state index contributed by atoms with van der Waals surface area (Å²) >= 11 is 0. The fourth-order valence-electron chi connectivity index (χ4n) is 2.22. The summed E-state index contributed by atoms with van der Waals surface area (Å²) in [6.07, 6.45) is 4.77. The lowest BCUT2D eigenvalue weighted by Crippen LogP contribution is -2.55. The molecule has 0 saturated heterocycles. The van der Waals surface area contributed by atoms with Gasteiger partial charge in [-0.1, -0.05) is 26.2 Å². The van der Waals surface area contributed by atoms with Crippen molar-refractivity contribution in [1.82, 2.24) is 10.6 Å². The monoisotopic (exact) mass is 272 g/mol. The van der Waals surface area contributed by atoms with E-state index in [9.17, 15) is 14.7 Å². The number of hydrogen-bond acceptors (Lipinski definition) is 3. The van der Waals surface area contributed by atoms with E-state index in [0.717, 1.165) is 25.7 Å². The lowest BCUT2D eigenvalue weighted by Gasteiger charge is -2.25. The lowest BCUT2D eigenvalue weighted by atomic mass is 9.98. The van der Waals surface area contributed by atoms with Crippen LogP contribution in [0.3, 0.4) is 0 Å². The third-order valence-electron chi connectivity index (χ3n) is 3.39. The van der Waals surface area contributed by atoms with Gasteiger partial charge in [0.1, 0.15) is 5.54 Å². The maximum atomic E-state index is 11.7. The van der Waals surface area contributed by atoms with Crippen molar-refractivity contribution in [3.8, 4) is 0 Å². The number of carboxylic acids is 1. The van der Waals surface area contributed by atoms with Crippen LogP contribution in [0.4, 0.5) is 4.79 Å². The van der Waals surface area contributed by atoms with Crippen LogP contribution in [0.15, 0.2) is 0 Å². The van der Waals surface area contributed by atoms with Gasteiger partial charge in [0.2, 0.25) is 0 Å². The standard InChI is InChI=1S/C13H24N2O4/c1-2-3-9-19-10-8-14-12(18)15-13(11(16)17)6-4-5-7-13/h2-10H2,1H3,(H,16,17)(H2,14,15,18). The zero-order valence-corrected chi connectivity index (χ0v) is 11.5. The van der Waals surface area contributed by atoms with E-state index in [4.69, 9.17) is 4.74 Å². The molecule has 6 nitrogen and oxygen atoms in total. The smallest absolute Gasteiger partial charge is 0.329 e. The largest absolute Gasteiger partial charge is 0.480 e. The number of carbonyl (C=O) groups is 2. The van der Waals surface area contributed by atoms with Gasteiger partial charge in [-0.15, -0.1) is 0 Å². The van der Waals surface area contributed by atoms with Gasteiger partial charge >= 0.3 is 12.0 Å². The van der Waals surface area contributed by atoms with Gasteiger partial charge < -0.3 is 20.5 Å². The van der Waals surface area contributed by atoms with Crippen molar-refractivity contribution in [3.05, 3.63) is 0 Å². The van der Waals surface area contributed by atoms with Crippen LogP contribution in [0.2, 0.25) is 0 Å². The van der Waals surface area contributed by atoms with Gasteiger partial charge in [0.15, 0.2) is 0 Å². The molecule has 0 aromatic heterocycles. The van der Waals surface area contributed by atoms with E-state index in [1.54, 1.807) is 0 Å². The van der Waals surface area contributed by atoms with Gasteiger partial charge in [-0.05, 0) is 19.3 Å².